The summed E-state index contributed by atoms with van der Waals surface area (Å²) in [5.41, 5.74) is 2.43. The van der Waals surface area contributed by atoms with Crippen molar-refractivity contribution in [1.29, 1.82) is 0 Å². The van der Waals surface area contributed by atoms with E-state index in [9.17, 15) is 9.59 Å². The lowest BCUT2D eigenvalue weighted by molar-refractivity contribution is 0.0520. The Morgan fingerprint density at radius 3 is 2.86 bits per heavy atom. The number of cyclic esters (lactones) is 1. The molecule has 0 radical (unpaired) electrons. The molecule has 1 atom stereocenters. The largest absolute Gasteiger partial charge is 0.461 e. The number of aryl methyl sites for hydroxylation is 1. The van der Waals surface area contributed by atoms with E-state index < -0.39 is 12.1 Å². The van der Waals surface area contributed by atoms with Gasteiger partial charge in [0.15, 0.2) is 5.69 Å². The average Bonchev–Trinajstić information content (AvgIpc) is 3.08. The molecule has 28 heavy (non-hydrogen) atoms. The zero-order valence-corrected chi connectivity index (χ0v) is 17.4. The van der Waals surface area contributed by atoms with Gasteiger partial charge < -0.3 is 14.8 Å². The van der Waals surface area contributed by atoms with Crippen molar-refractivity contribution in [3.8, 4) is 0 Å². The highest BCUT2D eigenvalue weighted by molar-refractivity contribution is 9.10. The number of carbonyl (C=O) groups excluding carboxylic acids is 2. The summed E-state index contributed by atoms with van der Waals surface area (Å²) in [5, 5.41) is 3.27. The number of esters is 1. The van der Waals surface area contributed by atoms with Gasteiger partial charge in [-0.1, -0.05) is 0 Å². The van der Waals surface area contributed by atoms with E-state index in [0.29, 0.717) is 29.3 Å². The van der Waals surface area contributed by atoms with Gasteiger partial charge in [0, 0.05) is 0 Å². The van der Waals surface area contributed by atoms with Crippen molar-refractivity contribution in [2.45, 2.75) is 26.8 Å². The first kappa shape index (κ1) is 20.1. The number of nitrogens with one attached hydrogen (secondary N) is 1. The molecule has 1 N–H and O–H groups in total. The maximum Gasteiger partial charge on any atom is 0.415 e. The van der Waals surface area contributed by atoms with Crippen LogP contribution in [-0.4, -0.2) is 41.8 Å². The molecule has 1 amide bonds. The predicted octanol–water partition coefficient (Wildman–Crippen LogP) is 3.85. The number of rotatable bonds is 6. The minimum absolute atomic E-state index is 0.194. The molecule has 3 rings (SSSR count). The SMILES string of the molecule is CCOC(=O)c1nc(Br)ccc1NC(C)c1cc(C)cc(N2CCOC2=O)n1. The number of hydrogen-bond donors (Lipinski definition) is 1. The van der Waals surface area contributed by atoms with Crippen molar-refractivity contribution in [3.05, 3.63) is 45.8 Å². The first-order chi connectivity index (χ1) is 13.4. The van der Waals surface area contributed by atoms with E-state index in [2.05, 4.69) is 31.2 Å². The molecule has 0 saturated carbocycles. The monoisotopic (exact) mass is 448 g/mol. The van der Waals surface area contributed by atoms with Crippen LogP contribution < -0.4 is 10.2 Å². The van der Waals surface area contributed by atoms with Gasteiger partial charge in [-0.05, 0) is 66.5 Å². The summed E-state index contributed by atoms with van der Waals surface area (Å²) >= 11 is 3.28. The first-order valence-corrected chi connectivity index (χ1v) is 9.71. The molecule has 9 heteroatoms. The summed E-state index contributed by atoms with van der Waals surface area (Å²) in [4.78, 5) is 34.4. The lowest BCUT2D eigenvalue weighted by Gasteiger charge is -2.20. The van der Waals surface area contributed by atoms with Crippen LogP contribution in [-0.2, 0) is 9.47 Å². The number of anilines is 2. The second kappa shape index (κ2) is 8.55. The van der Waals surface area contributed by atoms with Crippen LogP contribution in [0.1, 0.15) is 41.6 Å². The number of carbonyl (C=O) groups is 2. The number of hydrogen-bond acceptors (Lipinski definition) is 7. The van der Waals surface area contributed by atoms with Crippen molar-refractivity contribution < 1.29 is 19.1 Å². The fraction of sp³-hybridized carbons (Fsp3) is 0.368. The van der Waals surface area contributed by atoms with E-state index in [1.165, 1.54) is 4.90 Å². The molecule has 8 nitrogen and oxygen atoms in total. The van der Waals surface area contributed by atoms with Gasteiger partial charge in [-0.2, -0.15) is 0 Å². The Morgan fingerprint density at radius 2 is 2.18 bits per heavy atom. The van der Waals surface area contributed by atoms with Crippen molar-refractivity contribution in [1.82, 2.24) is 9.97 Å². The summed E-state index contributed by atoms with van der Waals surface area (Å²) in [6, 6.07) is 7.03. The molecule has 1 saturated heterocycles. The van der Waals surface area contributed by atoms with E-state index in [-0.39, 0.29) is 18.3 Å². The van der Waals surface area contributed by atoms with Gasteiger partial charge in [0.1, 0.15) is 17.0 Å². The molecule has 0 spiro atoms. The van der Waals surface area contributed by atoms with E-state index in [1.807, 2.05) is 26.0 Å². The standard InChI is InChI=1S/C19H21BrN4O4/c1-4-27-18(25)17-13(5-6-15(20)23-17)21-12(3)14-9-11(2)10-16(22-14)24-7-8-28-19(24)26/h5-6,9-10,12,21H,4,7-8H2,1-3H3. The second-order valence-electron chi connectivity index (χ2n) is 6.31. The van der Waals surface area contributed by atoms with Crippen LogP contribution in [0.3, 0.4) is 0 Å². The van der Waals surface area contributed by atoms with Crippen molar-refractivity contribution >= 4 is 39.5 Å². The third-order valence-corrected chi connectivity index (χ3v) is 4.60. The zero-order valence-electron chi connectivity index (χ0n) is 15.9. The number of nitrogens with zero attached hydrogens (tertiary/aromatic N) is 3. The number of ether oxygens (including phenoxy) is 2. The number of pyridine rings is 2. The molecule has 1 aliphatic rings. The fourth-order valence-electron chi connectivity index (χ4n) is 2.85. The molecule has 2 aromatic rings. The molecule has 148 valence electrons. The Labute approximate surface area is 171 Å². The number of amides is 1. The van der Waals surface area contributed by atoms with Crippen LogP contribution in [0, 0.1) is 6.92 Å². The molecule has 1 fully saturated rings. The summed E-state index contributed by atoms with van der Waals surface area (Å²) in [6.45, 7) is 6.69. The Kier molecular flexibility index (Phi) is 6.13. The van der Waals surface area contributed by atoms with Crippen LogP contribution in [0.15, 0.2) is 28.9 Å². The molecular formula is C19H21BrN4O4. The Morgan fingerprint density at radius 1 is 1.39 bits per heavy atom. The van der Waals surface area contributed by atoms with Gasteiger partial charge in [0.2, 0.25) is 0 Å². The Balaban J connectivity index is 1.87. The van der Waals surface area contributed by atoms with Gasteiger partial charge in [0.25, 0.3) is 0 Å². The summed E-state index contributed by atoms with van der Waals surface area (Å²) in [5.74, 6) is 0.0434. The van der Waals surface area contributed by atoms with Crippen LogP contribution in [0.2, 0.25) is 0 Å². The van der Waals surface area contributed by atoms with Gasteiger partial charge in [-0.15, -0.1) is 0 Å². The quantitative estimate of drug-likeness (QED) is 0.529. The lowest BCUT2D eigenvalue weighted by Crippen LogP contribution is -2.25. The van der Waals surface area contributed by atoms with E-state index in [4.69, 9.17) is 9.47 Å². The third-order valence-electron chi connectivity index (χ3n) is 4.16. The van der Waals surface area contributed by atoms with Crippen LogP contribution >= 0.6 is 15.9 Å². The van der Waals surface area contributed by atoms with E-state index in [1.54, 1.807) is 19.1 Å². The molecular weight excluding hydrogens is 428 g/mol. The predicted molar refractivity (Wildman–Crippen MR) is 108 cm³/mol. The molecule has 3 heterocycles. The van der Waals surface area contributed by atoms with Crippen LogP contribution in [0.4, 0.5) is 16.3 Å². The summed E-state index contributed by atoms with van der Waals surface area (Å²) in [6.07, 6.45) is -0.397. The Bertz CT molecular complexity index is 905. The Hall–Kier alpha value is -2.68. The normalized spacial score (nSPS) is 14.6. The van der Waals surface area contributed by atoms with Crippen molar-refractivity contribution in [2.24, 2.45) is 0 Å². The smallest absolute Gasteiger partial charge is 0.415 e. The molecule has 1 aliphatic heterocycles. The number of halogens is 1. The maximum atomic E-state index is 12.2. The van der Waals surface area contributed by atoms with Crippen molar-refractivity contribution in [2.75, 3.05) is 30.0 Å². The molecule has 0 bridgehead atoms. The lowest BCUT2D eigenvalue weighted by atomic mass is 10.1. The minimum atomic E-state index is -0.504. The van der Waals surface area contributed by atoms with Gasteiger partial charge >= 0.3 is 12.1 Å². The first-order valence-electron chi connectivity index (χ1n) is 8.92. The van der Waals surface area contributed by atoms with Gasteiger partial charge in [-0.3, -0.25) is 4.90 Å². The molecule has 0 aromatic carbocycles. The maximum absolute atomic E-state index is 12.2. The fourth-order valence-corrected chi connectivity index (χ4v) is 3.16. The zero-order chi connectivity index (χ0) is 20.3. The summed E-state index contributed by atoms with van der Waals surface area (Å²) < 4.78 is 10.6. The van der Waals surface area contributed by atoms with Crippen molar-refractivity contribution in [3.63, 3.8) is 0 Å². The average molecular weight is 449 g/mol. The van der Waals surface area contributed by atoms with Gasteiger partial charge in [0.05, 0.1) is 30.6 Å². The van der Waals surface area contributed by atoms with E-state index in [0.717, 1.165) is 11.3 Å². The third kappa shape index (κ3) is 4.41. The summed E-state index contributed by atoms with van der Waals surface area (Å²) in [7, 11) is 0. The highest BCUT2D eigenvalue weighted by atomic mass is 79.9. The highest BCUT2D eigenvalue weighted by Gasteiger charge is 2.26. The molecule has 0 aliphatic carbocycles. The van der Waals surface area contributed by atoms with E-state index >= 15 is 0 Å². The molecule has 2 aromatic heterocycles. The van der Waals surface area contributed by atoms with Gasteiger partial charge in [-0.25, -0.2) is 19.6 Å². The highest BCUT2D eigenvalue weighted by Crippen LogP contribution is 2.26. The molecule has 1 unspecified atom stereocenters. The topological polar surface area (TPSA) is 93.6 Å². The minimum Gasteiger partial charge on any atom is -0.461 e. The van der Waals surface area contributed by atoms with Crippen LogP contribution in [0.5, 0.6) is 0 Å². The second-order valence-corrected chi connectivity index (χ2v) is 7.12. The van der Waals surface area contributed by atoms with Crippen LogP contribution in [0.25, 0.3) is 0 Å². The number of aromatic nitrogens is 2.